The SMILES string of the molecule is O=C(O)c1cc2ccc(=O)[nH]c2s1. The van der Waals surface area contributed by atoms with Crippen molar-refractivity contribution in [1.29, 1.82) is 0 Å². The van der Waals surface area contributed by atoms with Gasteiger partial charge in [0.1, 0.15) is 9.71 Å². The van der Waals surface area contributed by atoms with Gasteiger partial charge < -0.3 is 10.1 Å². The van der Waals surface area contributed by atoms with E-state index in [0.29, 0.717) is 4.83 Å². The fraction of sp³-hybridized carbons (Fsp3) is 0. The van der Waals surface area contributed by atoms with Gasteiger partial charge in [-0.2, -0.15) is 0 Å². The lowest BCUT2D eigenvalue weighted by atomic mass is 10.3. The number of aromatic carboxylic acids is 1. The minimum absolute atomic E-state index is 0.216. The Balaban J connectivity index is 2.75. The summed E-state index contributed by atoms with van der Waals surface area (Å²) in [5.74, 6) is -0.970. The second kappa shape index (κ2) is 2.70. The molecule has 2 rings (SSSR count). The number of carbonyl (C=O) groups is 1. The molecule has 4 nitrogen and oxygen atoms in total. The number of nitrogens with one attached hydrogen (secondary N) is 1. The standard InChI is InChI=1S/C8H5NO3S/c10-6-2-1-4-3-5(8(11)12)13-7(4)9-6/h1-3H,(H,9,10)(H,11,12). The first kappa shape index (κ1) is 8.00. The first-order chi connectivity index (χ1) is 6.16. The van der Waals surface area contributed by atoms with Crippen molar-refractivity contribution >= 4 is 27.5 Å². The number of carboxylic acid groups (broad SMARTS) is 1. The molecule has 0 fully saturated rings. The first-order valence-corrected chi connectivity index (χ1v) is 4.34. The molecule has 13 heavy (non-hydrogen) atoms. The maximum atomic E-state index is 10.9. The van der Waals surface area contributed by atoms with Gasteiger partial charge in [-0.25, -0.2) is 4.79 Å². The second-order valence-corrected chi connectivity index (χ2v) is 3.58. The number of H-pyrrole nitrogens is 1. The normalized spacial score (nSPS) is 10.5. The molecule has 2 aromatic heterocycles. The van der Waals surface area contributed by atoms with Gasteiger partial charge in [0.2, 0.25) is 5.56 Å². The van der Waals surface area contributed by atoms with Gasteiger partial charge in [0.05, 0.1) is 0 Å². The van der Waals surface area contributed by atoms with Crippen LogP contribution < -0.4 is 5.56 Å². The first-order valence-electron chi connectivity index (χ1n) is 3.53. The van der Waals surface area contributed by atoms with E-state index in [1.807, 2.05) is 0 Å². The molecule has 0 aromatic carbocycles. The summed E-state index contributed by atoms with van der Waals surface area (Å²) in [4.78, 5) is 24.8. The summed E-state index contributed by atoms with van der Waals surface area (Å²) in [6, 6.07) is 4.52. The van der Waals surface area contributed by atoms with Gasteiger partial charge in [-0.1, -0.05) is 0 Å². The van der Waals surface area contributed by atoms with Gasteiger partial charge in [-0.3, -0.25) is 4.79 Å². The van der Waals surface area contributed by atoms with Crippen molar-refractivity contribution < 1.29 is 9.90 Å². The van der Waals surface area contributed by atoms with Crippen LogP contribution in [0.25, 0.3) is 10.2 Å². The highest BCUT2D eigenvalue weighted by Gasteiger charge is 2.07. The van der Waals surface area contributed by atoms with Crippen LogP contribution in [-0.2, 0) is 0 Å². The van der Waals surface area contributed by atoms with E-state index in [9.17, 15) is 9.59 Å². The summed E-state index contributed by atoms with van der Waals surface area (Å²) in [7, 11) is 0. The highest BCUT2D eigenvalue weighted by atomic mass is 32.1. The lowest BCUT2D eigenvalue weighted by Crippen LogP contribution is -2.00. The number of pyridine rings is 1. The third-order valence-electron chi connectivity index (χ3n) is 1.62. The molecule has 0 saturated carbocycles. The largest absolute Gasteiger partial charge is 0.477 e. The Kier molecular flexibility index (Phi) is 1.66. The van der Waals surface area contributed by atoms with Crippen LogP contribution in [0.1, 0.15) is 9.67 Å². The van der Waals surface area contributed by atoms with Crippen molar-refractivity contribution in [2.45, 2.75) is 0 Å². The minimum atomic E-state index is -0.970. The topological polar surface area (TPSA) is 70.2 Å². The Morgan fingerprint density at radius 3 is 2.92 bits per heavy atom. The summed E-state index contributed by atoms with van der Waals surface area (Å²) >= 11 is 1.06. The number of aromatic amines is 1. The number of aromatic nitrogens is 1. The van der Waals surface area contributed by atoms with Crippen LogP contribution in [0.4, 0.5) is 0 Å². The number of carboxylic acids is 1. The van der Waals surface area contributed by atoms with Crippen LogP contribution in [-0.4, -0.2) is 16.1 Å². The van der Waals surface area contributed by atoms with Gasteiger partial charge in [0.15, 0.2) is 0 Å². The van der Waals surface area contributed by atoms with Crippen LogP contribution in [0.2, 0.25) is 0 Å². The van der Waals surface area contributed by atoms with Crippen molar-refractivity contribution in [2.75, 3.05) is 0 Å². The zero-order chi connectivity index (χ0) is 9.42. The molecule has 2 aromatic rings. The van der Waals surface area contributed by atoms with E-state index in [1.165, 1.54) is 12.1 Å². The molecule has 0 amide bonds. The Hall–Kier alpha value is -1.62. The summed E-state index contributed by atoms with van der Waals surface area (Å²) < 4.78 is 0. The predicted molar refractivity (Wildman–Crippen MR) is 49.4 cm³/mol. The molecule has 0 aliphatic rings. The Morgan fingerprint density at radius 2 is 2.23 bits per heavy atom. The third kappa shape index (κ3) is 1.33. The van der Waals surface area contributed by atoms with Gasteiger partial charge in [0, 0.05) is 11.5 Å². The number of thiophene rings is 1. The minimum Gasteiger partial charge on any atom is -0.477 e. The van der Waals surface area contributed by atoms with Crippen LogP contribution in [0.5, 0.6) is 0 Å². The van der Waals surface area contributed by atoms with Crippen LogP contribution >= 0.6 is 11.3 Å². The molecule has 0 bridgehead atoms. The summed E-state index contributed by atoms with van der Waals surface area (Å²) in [6.45, 7) is 0. The van der Waals surface area contributed by atoms with E-state index in [2.05, 4.69) is 4.98 Å². The van der Waals surface area contributed by atoms with Gasteiger partial charge >= 0.3 is 5.97 Å². The number of rotatable bonds is 1. The quantitative estimate of drug-likeness (QED) is 0.720. The van der Waals surface area contributed by atoms with Crippen molar-refractivity contribution in [3.8, 4) is 0 Å². The maximum absolute atomic E-state index is 10.9. The predicted octanol–water partition coefficient (Wildman–Crippen LogP) is 1.29. The van der Waals surface area contributed by atoms with Crippen molar-refractivity contribution in [3.63, 3.8) is 0 Å². The smallest absolute Gasteiger partial charge is 0.345 e. The average Bonchev–Trinajstić information content (AvgIpc) is 2.46. The lowest BCUT2D eigenvalue weighted by Gasteiger charge is -1.83. The number of hydrogen-bond acceptors (Lipinski definition) is 3. The fourth-order valence-corrected chi connectivity index (χ4v) is 1.94. The third-order valence-corrected chi connectivity index (χ3v) is 2.68. The van der Waals surface area contributed by atoms with E-state index < -0.39 is 5.97 Å². The Labute approximate surface area is 76.5 Å². The molecule has 0 spiro atoms. The van der Waals surface area contributed by atoms with Gasteiger partial charge in [-0.05, 0) is 12.1 Å². The van der Waals surface area contributed by atoms with E-state index in [1.54, 1.807) is 6.07 Å². The molecule has 66 valence electrons. The van der Waals surface area contributed by atoms with Crippen molar-refractivity contribution in [3.05, 3.63) is 33.4 Å². The van der Waals surface area contributed by atoms with Gasteiger partial charge in [0.25, 0.3) is 0 Å². The lowest BCUT2D eigenvalue weighted by molar-refractivity contribution is 0.0702. The molecule has 0 aliphatic carbocycles. The van der Waals surface area contributed by atoms with Crippen LogP contribution in [0, 0.1) is 0 Å². The summed E-state index contributed by atoms with van der Waals surface area (Å²) in [6.07, 6.45) is 0. The van der Waals surface area contributed by atoms with Gasteiger partial charge in [-0.15, -0.1) is 11.3 Å². The molecule has 0 unspecified atom stereocenters. The van der Waals surface area contributed by atoms with Crippen LogP contribution in [0.15, 0.2) is 23.0 Å². The Morgan fingerprint density at radius 1 is 1.46 bits per heavy atom. The second-order valence-electron chi connectivity index (χ2n) is 2.52. The monoisotopic (exact) mass is 195 g/mol. The molecule has 0 atom stereocenters. The van der Waals surface area contributed by atoms with Crippen LogP contribution in [0.3, 0.4) is 0 Å². The zero-order valence-electron chi connectivity index (χ0n) is 6.40. The molecule has 0 radical (unpaired) electrons. The van der Waals surface area contributed by atoms with E-state index in [0.717, 1.165) is 16.7 Å². The van der Waals surface area contributed by atoms with E-state index in [-0.39, 0.29) is 10.4 Å². The average molecular weight is 195 g/mol. The highest BCUT2D eigenvalue weighted by molar-refractivity contribution is 7.20. The maximum Gasteiger partial charge on any atom is 0.345 e. The fourth-order valence-electron chi connectivity index (χ4n) is 1.05. The van der Waals surface area contributed by atoms with E-state index in [4.69, 9.17) is 5.11 Å². The molecule has 0 aliphatic heterocycles. The molecule has 2 N–H and O–H groups in total. The zero-order valence-corrected chi connectivity index (χ0v) is 7.22. The number of fused-ring (bicyclic) bond motifs is 1. The molecule has 5 heteroatoms. The Bertz CT molecular complexity index is 525. The van der Waals surface area contributed by atoms with Crippen molar-refractivity contribution in [1.82, 2.24) is 4.98 Å². The van der Waals surface area contributed by atoms with E-state index >= 15 is 0 Å². The molecular formula is C8H5NO3S. The molecule has 2 heterocycles. The highest BCUT2D eigenvalue weighted by Crippen LogP contribution is 2.21. The van der Waals surface area contributed by atoms with Crippen molar-refractivity contribution in [2.24, 2.45) is 0 Å². The number of hydrogen-bond donors (Lipinski definition) is 2. The molecular weight excluding hydrogens is 190 g/mol. The molecule has 0 saturated heterocycles. The summed E-state index contributed by atoms with van der Waals surface area (Å²) in [5, 5.41) is 9.43. The summed E-state index contributed by atoms with van der Waals surface area (Å²) in [5.41, 5.74) is -0.216.